The third kappa shape index (κ3) is 1.59. The van der Waals surface area contributed by atoms with Gasteiger partial charge < -0.3 is 9.30 Å². The average molecular weight is 298 g/mol. The molecule has 0 spiro atoms. The average Bonchev–Trinajstić information content (AvgIpc) is 2.81. The van der Waals surface area contributed by atoms with Crippen molar-refractivity contribution in [1.82, 2.24) is 9.47 Å². The molecular formula is C18H22N2O2. The maximum atomic E-state index is 12.3. The van der Waals surface area contributed by atoms with Crippen molar-refractivity contribution in [3.05, 3.63) is 35.5 Å². The molecule has 1 saturated heterocycles. The zero-order valence-corrected chi connectivity index (χ0v) is 13.4. The number of rotatable bonds is 2. The normalized spacial score (nSPS) is 27.1. The van der Waals surface area contributed by atoms with Crippen molar-refractivity contribution in [2.45, 2.75) is 31.8 Å². The van der Waals surface area contributed by atoms with Crippen LogP contribution in [-0.2, 0) is 23.0 Å². The van der Waals surface area contributed by atoms with Gasteiger partial charge in [0.05, 0.1) is 19.1 Å². The Morgan fingerprint density at radius 1 is 1.36 bits per heavy atom. The number of hydrogen-bond acceptors (Lipinski definition) is 3. The van der Waals surface area contributed by atoms with Gasteiger partial charge in [0, 0.05) is 36.2 Å². The number of ether oxygens (including phenoxy) is 1. The second-order valence-corrected chi connectivity index (χ2v) is 6.40. The fourth-order valence-corrected chi connectivity index (χ4v) is 4.64. The largest absolute Gasteiger partial charge is 0.469 e. The summed E-state index contributed by atoms with van der Waals surface area (Å²) < 4.78 is 7.37. The van der Waals surface area contributed by atoms with Crippen molar-refractivity contribution in [2.75, 3.05) is 13.7 Å². The second-order valence-electron chi connectivity index (χ2n) is 6.40. The maximum absolute atomic E-state index is 12.3. The first kappa shape index (κ1) is 13.8. The zero-order chi connectivity index (χ0) is 15.4. The summed E-state index contributed by atoms with van der Waals surface area (Å²) in [7, 11) is 3.63. The monoisotopic (exact) mass is 298 g/mol. The first-order valence-electron chi connectivity index (χ1n) is 8.08. The molecule has 22 heavy (non-hydrogen) atoms. The quantitative estimate of drug-likeness (QED) is 0.800. The van der Waals surface area contributed by atoms with Crippen molar-refractivity contribution in [1.29, 1.82) is 0 Å². The predicted octanol–water partition coefficient (Wildman–Crippen LogP) is 2.66. The highest BCUT2D eigenvalue weighted by atomic mass is 16.5. The summed E-state index contributed by atoms with van der Waals surface area (Å²) in [6.07, 6.45) is 2.06. The van der Waals surface area contributed by atoms with Gasteiger partial charge in [-0.15, -0.1) is 0 Å². The molecule has 0 bridgehead atoms. The summed E-state index contributed by atoms with van der Waals surface area (Å²) in [6, 6.07) is 9.05. The second kappa shape index (κ2) is 4.85. The zero-order valence-electron chi connectivity index (χ0n) is 13.4. The van der Waals surface area contributed by atoms with Gasteiger partial charge in [0.15, 0.2) is 0 Å². The van der Waals surface area contributed by atoms with Crippen molar-refractivity contribution in [3.63, 3.8) is 0 Å². The van der Waals surface area contributed by atoms with E-state index in [4.69, 9.17) is 4.74 Å². The molecule has 0 amide bonds. The van der Waals surface area contributed by atoms with Gasteiger partial charge in [-0.25, -0.2) is 0 Å². The molecule has 2 aliphatic rings. The number of methoxy groups -OCH3 is 1. The minimum absolute atomic E-state index is 0.0305. The minimum atomic E-state index is -0.0637. The number of carbonyl (C=O) groups excluding carboxylic acids is 1. The topological polar surface area (TPSA) is 34.5 Å². The number of benzene rings is 1. The van der Waals surface area contributed by atoms with Crippen molar-refractivity contribution in [2.24, 2.45) is 13.0 Å². The summed E-state index contributed by atoms with van der Waals surface area (Å²) >= 11 is 0. The van der Waals surface area contributed by atoms with Crippen LogP contribution < -0.4 is 0 Å². The maximum Gasteiger partial charge on any atom is 0.312 e. The van der Waals surface area contributed by atoms with Crippen molar-refractivity contribution >= 4 is 16.9 Å². The van der Waals surface area contributed by atoms with Gasteiger partial charge in [-0.1, -0.05) is 25.1 Å². The number of aromatic nitrogens is 1. The van der Waals surface area contributed by atoms with E-state index in [0.29, 0.717) is 6.04 Å². The molecule has 0 radical (unpaired) electrons. The number of fused-ring (bicyclic) bond motifs is 5. The molecule has 4 nitrogen and oxygen atoms in total. The standard InChI is InChI=1S/C18H22N2O2/c1-4-13-15(18(21)22-3)17-16-12(9-10-20(13)17)11-7-5-6-8-14(11)19(16)2/h5-8,13,15,17H,4,9-10H2,1-3H3/t13-,15+,17+/m1/s1. The Balaban J connectivity index is 1.87. The predicted molar refractivity (Wildman–Crippen MR) is 85.7 cm³/mol. The molecule has 0 aliphatic carbocycles. The van der Waals surface area contributed by atoms with Crippen LogP contribution in [0, 0.1) is 5.92 Å². The van der Waals surface area contributed by atoms with Crippen LogP contribution in [-0.4, -0.2) is 35.1 Å². The highest BCUT2D eigenvalue weighted by Crippen LogP contribution is 2.51. The first-order chi connectivity index (χ1) is 10.7. The van der Waals surface area contributed by atoms with Crippen LogP contribution in [0.15, 0.2) is 24.3 Å². The van der Waals surface area contributed by atoms with Crippen LogP contribution in [0.25, 0.3) is 10.9 Å². The molecule has 1 fully saturated rings. The van der Waals surface area contributed by atoms with Crippen LogP contribution in [0.2, 0.25) is 0 Å². The molecule has 3 atom stereocenters. The van der Waals surface area contributed by atoms with Crippen LogP contribution >= 0.6 is 0 Å². The van der Waals surface area contributed by atoms with Crippen molar-refractivity contribution in [3.8, 4) is 0 Å². The van der Waals surface area contributed by atoms with Gasteiger partial charge in [-0.05, 0) is 24.5 Å². The lowest BCUT2D eigenvalue weighted by Gasteiger charge is -2.56. The van der Waals surface area contributed by atoms with Crippen LogP contribution in [0.1, 0.15) is 30.6 Å². The minimum Gasteiger partial charge on any atom is -0.469 e. The van der Waals surface area contributed by atoms with Crippen LogP contribution in [0.3, 0.4) is 0 Å². The molecule has 1 aromatic carbocycles. The Bertz CT molecular complexity index is 749. The highest BCUT2D eigenvalue weighted by molar-refractivity contribution is 5.87. The number of para-hydroxylation sites is 1. The van der Waals surface area contributed by atoms with E-state index < -0.39 is 0 Å². The third-order valence-electron chi connectivity index (χ3n) is 5.59. The molecule has 3 heterocycles. The molecule has 0 N–H and O–H groups in total. The molecule has 0 saturated carbocycles. The Morgan fingerprint density at radius 2 is 2.14 bits per heavy atom. The van der Waals surface area contributed by atoms with Crippen LogP contribution in [0.4, 0.5) is 0 Å². The van der Waals surface area contributed by atoms with Gasteiger partial charge in [0.25, 0.3) is 0 Å². The number of hydrogen-bond donors (Lipinski definition) is 0. The summed E-state index contributed by atoms with van der Waals surface area (Å²) in [6.45, 7) is 3.20. The van der Waals surface area contributed by atoms with E-state index in [1.165, 1.54) is 29.3 Å². The van der Waals surface area contributed by atoms with E-state index in [-0.39, 0.29) is 17.9 Å². The fourth-order valence-electron chi connectivity index (χ4n) is 4.64. The van der Waals surface area contributed by atoms with E-state index in [1.54, 1.807) is 0 Å². The molecule has 116 valence electrons. The molecule has 4 heteroatoms. The summed E-state index contributed by atoms with van der Waals surface area (Å²) in [5, 5.41) is 1.34. The highest BCUT2D eigenvalue weighted by Gasteiger charge is 2.55. The smallest absolute Gasteiger partial charge is 0.312 e. The Kier molecular flexibility index (Phi) is 3.05. The van der Waals surface area contributed by atoms with Crippen molar-refractivity contribution < 1.29 is 9.53 Å². The number of nitrogens with zero attached hydrogens (tertiary/aromatic N) is 2. The van der Waals surface area contributed by atoms with E-state index in [0.717, 1.165) is 19.4 Å². The third-order valence-corrected chi connectivity index (χ3v) is 5.59. The molecule has 1 aromatic heterocycles. The van der Waals surface area contributed by atoms with E-state index in [2.05, 4.69) is 47.7 Å². The lowest BCUT2D eigenvalue weighted by Crippen LogP contribution is -2.63. The summed E-state index contributed by atoms with van der Waals surface area (Å²) in [4.78, 5) is 14.8. The molecular weight excluding hydrogens is 276 g/mol. The lowest BCUT2D eigenvalue weighted by molar-refractivity contribution is -0.167. The van der Waals surface area contributed by atoms with Gasteiger partial charge in [-0.3, -0.25) is 9.69 Å². The molecule has 2 aromatic rings. The Hall–Kier alpha value is -1.81. The first-order valence-corrected chi connectivity index (χ1v) is 8.08. The molecule has 4 rings (SSSR count). The molecule has 0 unspecified atom stereocenters. The summed E-state index contributed by atoms with van der Waals surface area (Å²) in [5.74, 6) is -0.0942. The Morgan fingerprint density at radius 3 is 2.86 bits per heavy atom. The SMILES string of the molecule is CC[C@@H]1[C@H](C(=O)OC)[C@H]2c3c(c4ccccc4n3C)CCN12. The number of aryl methyl sites for hydroxylation is 1. The Labute approximate surface area is 130 Å². The lowest BCUT2D eigenvalue weighted by atomic mass is 9.73. The molecule has 2 aliphatic heterocycles. The van der Waals surface area contributed by atoms with Gasteiger partial charge in [0.1, 0.15) is 0 Å². The number of esters is 1. The summed E-state index contributed by atoms with van der Waals surface area (Å²) in [5.41, 5.74) is 3.99. The van der Waals surface area contributed by atoms with Crippen LogP contribution in [0.5, 0.6) is 0 Å². The fraction of sp³-hybridized carbons (Fsp3) is 0.500. The van der Waals surface area contributed by atoms with Gasteiger partial charge in [0.2, 0.25) is 0 Å². The van der Waals surface area contributed by atoms with Gasteiger partial charge in [-0.2, -0.15) is 0 Å². The van der Waals surface area contributed by atoms with Gasteiger partial charge >= 0.3 is 5.97 Å². The van der Waals surface area contributed by atoms with E-state index in [9.17, 15) is 4.79 Å². The number of carbonyl (C=O) groups is 1. The van der Waals surface area contributed by atoms with E-state index in [1.807, 2.05) is 0 Å². The van der Waals surface area contributed by atoms with E-state index >= 15 is 0 Å².